The number of hydrogen-bond donors (Lipinski definition) is 2. The van der Waals surface area contributed by atoms with E-state index >= 15 is 0 Å². The van der Waals surface area contributed by atoms with Crippen LogP contribution in [0.1, 0.15) is 38.2 Å². The minimum atomic E-state index is -3.04. The summed E-state index contributed by atoms with van der Waals surface area (Å²) < 4.78 is 35.2. The minimum absolute atomic E-state index is 0.0484. The van der Waals surface area contributed by atoms with Gasteiger partial charge in [-0.1, -0.05) is 13.0 Å². The second-order valence-electron chi connectivity index (χ2n) is 7.51. The highest BCUT2D eigenvalue weighted by Gasteiger charge is 2.46. The molecule has 2 amide bonds. The van der Waals surface area contributed by atoms with Crippen LogP contribution in [0.3, 0.4) is 0 Å². The quantitative estimate of drug-likeness (QED) is 0.798. The number of benzene rings is 1. The highest BCUT2D eigenvalue weighted by molar-refractivity contribution is 7.91. The number of hydrogen-bond acceptors (Lipinski definition) is 5. The SMILES string of the molecule is CCCOc1cc(C)ccc1NC(=O)N[C@H]1CCO[C@]2(CCS(=O)(=O)C2)C1. The van der Waals surface area contributed by atoms with Gasteiger partial charge in [-0.25, -0.2) is 13.2 Å². The van der Waals surface area contributed by atoms with Crippen LogP contribution < -0.4 is 15.4 Å². The zero-order valence-corrected chi connectivity index (χ0v) is 16.7. The zero-order valence-electron chi connectivity index (χ0n) is 15.9. The molecule has 0 unspecified atom stereocenters. The maximum atomic E-state index is 12.5. The molecule has 2 fully saturated rings. The third kappa shape index (κ3) is 5.13. The van der Waals surface area contributed by atoms with Gasteiger partial charge in [0.2, 0.25) is 0 Å². The first-order valence-corrected chi connectivity index (χ1v) is 11.3. The average molecular weight is 397 g/mol. The van der Waals surface area contributed by atoms with Gasteiger partial charge in [-0.05, 0) is 50.3 Å². The molecule has 0 radical (unpaired) electrons. The van der Waals surface area contributed by atoms with Crippen LogP contribution in [-0.4, -0.2) is 50.8 Å². The Morgan fingerprint density at radius 3 is 2.93 bits per heavy atom. The normalized spacial score (nSPS) is 26.7. The monoisotopic (exact) mass is 396 g/mol. The maximum Gasteiger partial charge on any atom is 0.319 e. The van der Waals surface area contributed by atoms with E-state index in [1.165, 1.54) is 0 Å². The van der Waals surface area contributed by atoms with E-state index in [1.54, 1.807) is 0 Å². The lowest BCUT2D eigenvalue weighted by Crippen LogP contribution is -2.50. The van der Waals surface area contributed by atoms with Crippen molar-refractivity contribution in [3.63, 3.8) is 0 Å². The second kappa shape index (κ2) is 8.06. The Morgan fingerprint density at radius 2 is 2.22 bits per heavy atom. The molecule has 2 atom stereocenters. The molecule has 2 aliphatic heterocycles. The van der Waals surface area contributed by atoms with Gasteiger partial charge in [-0.2, -0.15) is 0 Å². The van der Waals surface area contributed by atoms with Gasteiger partial charge < -0.3 is 20.1 Å². The fourth-order valence-corrected chi connectivity index (χ4v) is 5.69. The highest BCUT2D eigenvalue weighted by Crippen LogP contribution is 2.35. The summed E-state index contributed by atoms with van der Waals surface area (Å²) in [7, 11) is -3.04. The Balaban J connectivity index is 1.61. The van der Waals surface area contributed by atoms with Crippen LogP contribution in [0.15, 0.2) is 18.2 Å². The molecule has 2 saturated heterocycles. The fraction of sp³-hybridized carbons (Fsp3) is 0.632. The van der Waals surface area contributed by atoms with E-state index in [2.05, 4.69) is 10.6 Å². The van der Waals surface area contributed by atoms with Crippen molar-refractivity contribution in [2.75, 3.05) is 30.0 Å². The molecule has 0 aromatic heterocycles. The smallest absolute Gasteiger partial charge is 0.319 e. The van der Waals surface area contributed by atoms with Crippen molar-refractivity contribution in [3.05, 3.63) is 23.8 Å². The average Bonchev–Trinajstić information content (AvgIpc) is 2.89. The first-order valence-electron chi connectivity index (χ1n) is 9.46. The second-order valence-corrected chi connectivity index (χ2v) is 9.69. The largest absolute Gasteiger partial charge is 0.491 e. The van der Waals surface area contributed by atoms with Crippen LogP contribution >= 0.6 is 0 Å². The summed E-state index contributed by atoms with van der Waals surface area (Å²) in [4.78, 5) is 12.5. The number of ether oxygens (including phenoxy) is 2. The number of carbonyl (C=O) groups is 1. The lowest BCUT2D eigenvalue weighted by atomic mass is 9.90. The van der Waals surface area contributed by atoms with Gasteiger partial charge in [0.15, 0.2) is 9.84 Å². The molecule has 1 spiro atoms. The van der Waals surface area contributed by atoms with Crippen LogP contribution in [-0.2, 0) is 14.6 Å². The molecular weight excluding hydrogens is 368 g/mol. The number of carbonyl (C=O) groups excluding carboxylic acids is 1. The number of nitrogens with one attached hydrogen (secondary N) is 2. The topological polar surface area (TPSA) is 93.7 Å². The standard InChI is InChI=1S/C19H28N2O5S/c1-3-8-25-17-11-14(2)4-5-16(17)21-18(22)20-15-6-9-26-19(12-15)7-10-27(23,24)13-19/h4-5,11,15H,3,6-10,12-13H2,1-2H3,(H2,20,21,22)/t15-,19+/m0/s1. The van der Waals surface area contributed by atoms with Crippen LogP contribution in [0.5, 0.6) is 5.75 Å². The molecule has 0 bridgehead atoms. The van der Waals surface area contributed by atoms with E-state index in [1.807, 2.05) is 32.0 Å². The fourth-order valence-electron chi connectivity index (χ4n) is 3.72. The molecule has 8 heteroatoms. The third-order valence-corrected chi connectivity index (χ3v) is 6.82. The van der Waals surface area contributed by atoms with E-state index in [0.29, 0.717) is 43.9 Å². The van der Waals surface area contributed by atoms with Crippen LogP contribution in [0.4, 0.5) is 10.5 Å². The number of amides is 2. The molecule has 0 aliphatic carbocycles. The van der Waals surface area contributed by atoms with E-state index in [4.69, 9.17) is 9.47 Å². The van der Waals surface area contributed by atoms with Crippen molar-refractivity contribution in [1.82, 2.24) is 5.32 Å². The van der Waals surface area contributed by atoms with E-state index < -0.39 is 15.4 Å². The Bertz CT molecular complexity index is 795. The molecule has 7 nitrogen and oxygen atoms in total. The van der Waals surface area contributed by atoms with Gasteiger partial charge in [0, 0.05) is 12.6 Å². The number of rotatable bonds is 5. The van der Waals surface area contributed by atoms with Crippen molar-refractivity contribution >= 4 is 21.6 Å². The number of aryl methyl sites for hydroxylation is 1. The third-order valence-electron chi connectivity index (χ3n) is 5.03. The molecular formula is C19H28N2O5S. The number of urea groups is 1. The van der Waals surface area contributed by atoms with Gasteiger partial charge in [-0.3, -0.25) is 0 Å². The Hall–Kier alpha value is -1.80. The molecule has 0 saturated carbocycles. The molecule has 1 aromatic carbocycles. The molecule has 2 N–H and O–H groups in total. The van der Waals surface area contributed by atoms with E-state index in [-0.39, 0.29) is 23.6 Å². The molecule has 2 aliphatic rings. The summed E-state index contributed by atoms with van der Waals surface area (Å²) >= 11 is 0. The van der Waals surface area contributed by atoms with Gasteiger partial charge in [0.1, 0.15) is 5.75 Å². The van der Waals surface area contributed by atoms with Crippen molar-refractivity contribution in [3.8, 4) is 5.75 Å². The van der Waals surface area contributed by atoms with E-state index in [9.17, 15) is 13.2 Å². The highest BCUT2D eigenvalue weighted by atomic mass is 32.2. The van der Waals surface area contributed by atoms with Crippen LogP contribution in [0, 0.1) is 6.92 Å². The number of sulfone groups is 1. The summed E-state index contributed by atoms with van der Waals surface area (Å²) in [5, 5.41) is 5.82. The Morgan fingerprint density at radius 1 is 1.41 bits per heavy atom. The minimum Gasteiger partial charge on any atom is -0.491 e. The first kappa shape index (κ1) is 19.9. The molecule has 27 heavy (non-hydrogen) atoms. The van der Waals surface area contributed by atoms with Crippen molar-refractivity contribution in [2.24, 2.45) is 0 Å². The van der Waals surface area contributed by atoms with Crippen molar-refractivity contribution < 1.29 is 22.7 Å². The first-order chi connectivity index (χ1) is 12.8. The lowest BCUT2D eigenvalue weighted by molar-refractivity contribution is -0.0685. The molecule has 1 aromatic rings. The van der Waals surface area contributed by atoms with Crippen LogP contribution in [0.2, 0.25) is 0 Å². The summed E-state index contributed by atoms with van der Waals surface area (Å²) in [6.07, 6.45) is 2.57. The summed E-state index contributed by atoms with van der Waals surface area (Å²) in [5.41, 5.74) is 1.03. The van der Waals surface area contributed by atoms with Gasteiger partial charge in [-0.15, -0.1) is 0 Å². The van der Waals surface area contributed by atoms with Gasteiger partial charge in [0.05, 0.1) is 29.4 Å². The van der Waals surface area contributed by atoms with Crippen molar-refractivity contribution in [1.29, 1.82) is 0 Å². The zero-order chi connectivity index (χ0) is 19.5. The molecule has 3 rings (SSSR count). The summed E-state index contributed by atoms with van der Waals surface area (Å²) in [6, 6.07) is 5.22. The summed E-state index contributed by atoms with van der Waals surface area (Å²) in [5.74, 6) is 0.859. The maximum absolute atomic E-state index is 12.5. The Kier molecular flexibility index (Phi) is 5.95. The Labute approximate surface area is 160 Å². The predicted molar refractivity (Wildman–Crippen MR) is 104 cm³/mol. The number of anilines is 1. The lowest BCUT2D eigenvalue weighted by Gasteiger charge is -2.37. The summed E-state index contributed by atoms with van der Waals surface area (Å²) in [6.45, 7) is 5.03. The predicted octanol–water partition coefficient (Wildman–Crippen LogP) is 2.64. The van der Waals surface area contributed by atoms with Gasteiger partial charge in [0.25, 0.3) is 0 Å². The van der Waals surface area contributed by atoms with Crippen molar-refractivity contribution in [2.45, 2.75) is 51.2 Å². The molecule has 2 heterocycles. The van der Waals surface area contributed by atoms with Gasteiger partial charge >= 0.3 is 6.03 Å². The van der Waals surface area contributed by atoms with E-state index in [0.717, 1.165) is 12.0 Å². The van der Waals surface area contributed by atoms with Crippen LogP contribution in [0.25, 0.3) is 0 Å². The molecule has 150 valence electrons.